The summed E-state index contributed by atoms with van der Waals surface area (Å²) in [5.74, 6) is 0. The normalized spacial score (nSPS) is 15.4. The van der Waals surface area contributed by atoms with E-state index in [2.05, 4.69) is 12.2 Å². The minimum atomic E-state index is -4.18. The summed E-state index contributed by atoms with van der Waals surface area (Å²) in [6.45, 7) is 5.00. The summed E-state index contributed by atoms with van der Waals surface area (Å²) in [6.07, 6.45) is -2.61. The average Bonchev–Trinajstić information content (AvgIpc) is 2.28. The molecule has 4 heteroatoms. The SMILES string of the molecule is CCc1ccc(CC(C)N[C@H](C)C(F)(F)F)cc1. The number of hydrogen-bond donors (Lipinski definition) is 1. The lowest BCUT2D eigenvalue weighted by Crippen LogP contribution is -2.44. The van der Waals surface area contributed by atoms with E-state index in [1.165, 1.54) is 5.56 Å². The van der Waals surface area contributed by atoms with Gasteiger partial charge in [0.05, 0.1) is 0 Å². The third-order valence-electron chi connectivity index (χ3n) is 3.00. The van der Waals surface area contributed by atoms with Gasteiger partial charge in [0.25, 0.3) is 0 Å². The first-order valence-electron chi connectivity index (χ1n) is 6.23. The summed E-state index contributed by atoms with van der Waals surface area (Å²) in [4.78, 5) is 0. The number of halogens is 3. The fourth-order valence-electron chi connectivity index (χ4n) is 1.84. The van der Waals surface area contributed by atoms with Crippen LogP contribution < -0.4 is 5.32 Å². The zero-order valence-corrected chi connectivity index (χ0v) is 11.0. The minimum Gasteiger partial charge on any atom is -0.304 e. The number of alkyl halides is 3. The first-order chi connectivity index (χ1) is 8.32. The highest BCUT2D eigenvalue weighted by atomic mass is 19.4. The van der Waals surface area contributed by atoms with Gasteiger partial charge in [-0.25, -0.2) is 0 Å². The van der Waals surface area contributed by atoms with E-state index in [1.807, 2.05) is 24.3 Å². The van der Waals surface area contributed by atoms with Gasteiger partial charge in [0.2, 0.25) is 0 Å². The predicted molar refractivity (Wildman–Crippen MR) is 67.6 cm³/mol. The van der Waals surface area contributed by atoms with Crippen molar-refractivity contribution in [2.45, 2.75) is 51.9 Å². The van der Waals surface area contributed by atoms with Crippen LogP contribution >= 0.6 is 0 Å². The second kappa shape index (κ2) is 6.23. The van der Waals surface area contributed by atoms with Crippen molar-refractivity contribution in [1.82, 2.24) is 5.32 Å². The average molecular weight is 259 g/mol. The van der Waals surface area contributed by atoms with Gasteiger partial charge < -0.3 is 5.32 Å². The Balaban J connectivity index is 2.51. The molecule has 1 aromatic rings. The van der Waals surface area contributed by atoms with Gasteiger partial charge in [-0.05, 0) is 37.8 Å². The van der Waals surface area contributed by atoms with Crippen LogP contribution in [0.5, 0.6) is 0 Å². The van der Waals surface area contributed by atoms with Crippen LogP contribution in [0.3, 0.4) is 0 Å². The van der Waals surface area contributed by atoms with Gasteiger partial charge in [-0.15, -0.1) is 0 Å². The lowest BCUT2D eigenvalue weighted by molar-refractivity contribution is -0.153. The Morgan fingerprint density at radius 1 is 1.06 bits per heavy atom. The number of rotatable bonds is 5. The molecule has 1 aromatic carbocycles. The van der Waals surface area contributed by atoms with Crippen molar-refractivity contribution in [3.63, 3.8) is 0 Å². The Morgan fingerprint density at radius 3 is 2.00 bits per heavy atom. The van der Waals surface area contributed by atoms with Crippen molar-refractivity contribution in [1.29, 1.82) is 0 Å². The summed E-state index contributed by atoms with van der Waals surface area (Å²) < 4.78 is 37.2. The van der Waals surface area contributed by atoms with E-state index in [0.29, 0.717) is 6.42 Å². The Labute approximate surface area is 106 Å². The van der Waals surface area contributed by atoms with E-state index in [9.17, 15) is 13.2 Å². The van der Waals surface area contributed by atoms with Gasteiger partial charge in [0.1, 0.15) is 6.04 Å². The summed E-state index contributed by atoms with van der Waals surface area (Å²) in [5.41, 5.74) is 2.30. The van der Waals surface area contributed by atoms with Crippen molar-refractivity contribution >= 4 is 0 Å². The second-order valence-electron chi connectivity index (χ2n) is 4.71. The molecule has 0 radical (unpaired) electrons. The lowest BCUT2D eigenvalue weighted by Gasteiger charge is -2.22. The molecule has 0 saturated carbocycles. The highest BCUT2D eigenvalue weighted by Crippen LogP contribution is 2.20. The van der Waals surface area contributed by atoms with Gasteiger partial charge in [0, 0.05) is 6.04 Å². The van der Waals surface area contributed by atoms with Crippen LogP contribution in [0.15, 0.2) is 24.3 Å². The second-order valence-corrected chi connectivity index (χ2v) is 4.71. The quantitative estimate of drug-likeness (QED) is 0.849. The highest BCUT2D eigenvalue weighted by Gasteiger charge is 2.36. The standard InChI is InChI=1S/C14H20F3N/c1-4-12-5-7-13(8-6-12)9-10(2)18-11(3)14(15,16)17/h5-8,10-11,18H,4,9H2,1-3H3/t10?,11-/m1/s1. The third-order valence-corrected chi connectivity index (χ3v) is 3.00. The van der Waals surface area contributed by atoms with Crippen molar-refractivity contribution in [3.05, 3.63) is 35.4 Å². The van der Waals surface area contributed by atoms with E-state index in [1.54, 1.807) is 6.92 Å². The summed E-state index contributed by atoms with van der Waals surface area (Å²) >= 11 is 0. The molecular formula is C14H20F3N. The first-order valence-corrected chi connectivity index (χ1v) is 6.23. The molecule has 0 aromatic heterocycles. The molecule has 2 atom stereocenters. The minimum absolute atomic E-state index is 0.200. The fourth-order valence-corrected chi connectivity index (χ4v) is 1.84. The molecule has 0 aliphatic heterocycles. The van der Waals surface area contributed by atoms with Crippen LogP contribution in [0.2, 0.25) is 0 Å². The highest BCUT2D eigenvalue weighted by molar-refractivity contribution is 5.23. The van der Waals surface area contributed by atoms with Crippen LogP contribution in [0.1, 0.15) is 31.9 Å². The predicted octanol–water partition coefficient (Wildman–Crippen LogP) is 3.72. The zero-order chi connectivity index (χ0) is 13.8. The summed E-state index contributed by atoms with van der Waals surface area (Å²) in [6, 6.07) is 6.34. The van der Waals surface area contributed by atoms with Crippen molar-refractivity contribution in [3.8, 4) is 0 Å². The Hall–Kier alpha value is -1.03. The molecule has 18 heavy (non-hydrogen) atoms. The monoisotopic (exact) mass is 259 g/mol. The summed E-state index contributed by atoms with van der Waals surface area (Å²) in [7, 11) is 0. The van der Waals surface area contributed by atoms with Crippen LogP contribution in [0.4, 0.5) is 13.2 Å². The molecule has 0 heterocycles. The number of benzene rings is 1. The lowest BCUT2D eigenvalue weighted by atomic mass is 10.0. The van der Waals surface area contributed by atoms with Gasteiger partial charge in [-0.3, -0.25) is 0 Å². The number of nitrogens with one attached hydrogen (secondary N) is 1. The smallest absolute Gasteiger partial charge is 0.304 e. The number of hydrogen-bond acceptors (Lipinski definition) is 1. The van der Waals surface area contributed by atoms with Crippen LogP contribution in [-0.2, 0) is 12.8 Å². The molecule has 0 amide bonds. The Morgan fingerprint density at radius 2 is 1.56 bits per heavy atom. The van der Waals surface area contributed by atoms with Gasteiger partial charge >= 0.3 is 6.18 Å². The fraction of sp³-hybridized carbons (Fsp3) is 0.571. The van der Waals surface area contributed by atoms with Crippen LogP contribution in [-0.4, -0.2) is 18.3 Å². The van der Waals surface area contributed by atoms with Crippen LogP contribution in [0.25, 0.3) is 0 Å². The van der Waals surface area contributed by atoms with Crippen molar-refractivity contribution in [2.75, 3.05) is 0 Å². The Kier molecular flexibility index (Phi) is 5.20. The first kappa shape index (κ1) is 15.0. The molecule has 102 valence electrons. The molecule has 1 N–H and O–H groups in total. The third kappa shape index (κ3) is 4.69. The molecule has 0 aliphatic carbocycles. The van der Waals surface area contributed by atoms with Crippen molar-refractivity contribution < 1.29 is 13.2 Å². The van der Waals surface area contributed by atoms with E-state index in [4.69, 9.17) is 0 Å². The largest absolute Gasteiger partial charge is 0.403 e. The zero-order valence-electron chi connectivity index (χ0n) is 11.0. The van der Waals surface area contributed by atoms with Gasteiger partial charge in [-0.2, -0.15) is 13.2 Å². The molecule has 0 saturated heterocycles. The van der Waals surface area contributed by atoms with E-state index < -0.39 is 12.2 Å². The number of aryl methyl sites for hydroxylation is 1. The van der Waals surface area contributed by atoms with E-state index in [0.717, 1.165) is 18.9 Å². The maximum absolute atomic E-state index is 12.4. The van der Waals surface area contributed by atoms with Gasteiger partial charge in [-0.1, -0.05) is 31.2 Å². The van der Waals surface area contributed by atoms with E-state index >= 15 is 0 Å². The molecule has 1 rings (SSSR count). The maximum atomic E-state index is 12.4. The molecule has 1 unspecified atom stereocenters. The molecule has 0 aliphatic rings. The maximum Gasteiger partial charge on any atom is 0.403 e. The topological polar surface area (TPSA) is 12.0 Å². The molecule has 1 nitrogen and oxygen atoms in total. The van der Waals surface area contributed by atoms with E-state index in [-0.39, 0.29) is 6.04 Å². The molecule has 0 spiro atoms. The summed E-state index contributed by atoms with van der Waals surface area (Å²) in [5, 5.41) is 2.57. The molecule has 0 fully saturated rings. The Bertz CT molecular complexity index is 356. The van der Waals surface area contributed by atoms with Gasteiger partial charge in [0.15, 0.2) is 0 Å². The van der Waals surface area contributed by atoms with Crippen molar-refractivity contribution in [2.24, 2.45) is 0 Å². The molecular weight excluding hydrogens is 239 g/mol. The molecule has 0 bridgehead atoms. The van der Waals surface area contributed by atoms with Crippen LogP contribution in [0, 0.1) is 0 Å².